The standard InChI is InChI=1S/C17H20N2O3/c18-9-2-1-8-16(20)19-10-4-7-15(12-19)13-5-3-6-14(11-13)17(21)22/h3,5-6,11,15H,1-2,4,7-8,10,12H2,(H,21,22). The van der Waals surface area contributed by atoms with Crippen LogP contribution in [0.4, 0.5) is 0 Å². The Morgan fingerprint density at radius 3 is 2.95 bits per heavy atom. The molecule has 22 heavy (non-hydrogen) atoms. The fourth-order valence-electron chi connectivity index (χ4n) is 2.88. The zero-order valence-electron chi connectivity index (χ0n) is 12.5. The van der Waals surface area contributed by atoms with Gasteiger partial charge < -0.3 is 10.0 Å². The number of amides is 1. The van der Waals surface area contributed by atoms with Crippen molar-refractivity contribution in [3.05, 3.63) is 35.4 Å². The van der Waals surface area contributed by atoms with E-state index in [-0.39, 0.29) is 17.4 Å². The van der Waals surface area contributed by atoms with E-state index in [4.69, 9.17) is 10.4 Å². The number of carbonyl (C=O) groups excluding carboxylic acids is 1. The second-order valence-electron chi connectivity index (χ2n) is 5.62. The van der Waals surface area contributed by atoms with Crippen LogP contribution in [0.15, 0.2) is 24.3 Å². The predicted molar refractivity (Wildman–Crippen MR) is 81.4 cm³/mol. The highest BCUT2D eigenvalue weighted by atomic mass is 16.4. The first-order valence-corrected chi connectivity index (χ1v) is 7.60. The van der Waals surface area contributed by atoms with Gasteiger partial charge in [0.25, 0.3) is 0 Å². The van der Waals surface area contributed by atoms with E-state index in [0.717, 1.165) is 24.9 Å². The summed E-state index contributed by atoms with van der Waals surface area (Å²) in [5, 5.41) is 17.6. The molecule has 1 atom stereocenters. The second-order valence-corrected chi connectivity index (χ2v) is 5.62. The van der Waals surface area contributed by atoms with Gasteiger partial charge in [-0.05, 0) is 37.0 Å². The number of unbranched alkanes of at least 4 members (excludes halogenated alkanes) is 1. The second kappa shape index (κ2) is 7.60. The number of benzene rings is 1. The molecule has 0 saturated carbocycles. The molecule has 116 valence electrons. The third kappa shape index (κ3) is 4.08. The van der Waals surface area contributed by atoms with Gasteiger partial charge in [-0.1, -0.05) is 12.1 Å². The molecule has 1 N–H and O–H groups in total. The van der Waals surface area contributed by atoms with Crippen LogP contribution in [0.25, 0.3) is 0 Å². The summed E-state index contributed by atoms with van der Waals surface area (Å²) in [7, 11) is 0. The molecule has 0 spiro atoms. The van der Waals surface area contributed by atoms with Crippen LogP contribution >= 0.6 is 0 Å². The molecular weight excluding hydrogens is 280 g/mol. The Balaban J connectivity index is 2.01. The first-order valence-electron chi connectivity index (χ1n) is 7.60. The van der Waals surface area contributed by atoms with Crippen LogP contribution in [-0.4, -0.2) is 35.0 Å². The van der Waals surface area contributed by atoms with Crippen LogP contribution in [-0.2, 0) is 4.79 Å². The van der Waals surface area contributed by atoms with E-state index in [1.54, 1.807) is 18.2 Å². The topological polar surface area (TPSA) is 81.4 Å². The first-order chi connectivity index (χ1) is 10.6. The average Bonchev–Trinajstić information content (AvgIpc) is 2.55. The number of carboxylic acids is 1. The van der Waals surface area contributed by atoms with Crippen LogP contribution in [0.3, 0.4) is 0 Å². The minimum Gasteiger partial charge on any atom is -0.478 e. The van der Waals surface area contributed by atoms with E-state index in [0.29, 0.717) is 25.8 Å². The number of hydrogen-bond acceptors (Lipinski definition) is 3. The van der Waals surface area contributed by atoms with Crippen molar-refractivity contribution in [2.75, 3.05) is 13.1 Å². The molecule has 0 bridgehead atoms. The molecule has 1 aromatic carbocycles. The van der Waals surface area contributed by atoms with Gasteiger partial charge in [-0.25, -0.2) is 4.79 Å². The van der Waals surface area contributed by atoms with Gasteiger partial charge >= 0.3 is 5.97 Å². The zero-order chi connectivity index (χ0) is 15.9. The van der Waals surface area contributed by atoms with Crippen molar-refractivity contribution < 1.29 is 14.7 Å². The van der Waals surface area contributed by atoms with Crippen molar-refractivity contribution in [2.45, 2.75) is 38.0 Å². The summed E-state index contributed by atoms with van der Waals surface area (Å²) < 4.78 is 0. The number of likely N-dealkylation sites (tertiary alicyclic amines) is 1. The Bertz CT molecular complexity index is 592. The summed E-state index contributed by atoms with van der Waals surface area (Å²) in [6.07, 6.45) is 3.31. The molecule has 1 saturated heterocycles. The van der Waals surface area contributed by atoms with E-state index in [1.165, 1.54) is 0 Å². The minimum atomic E-state index is -0.929. The Morgan fingerprint density at radius 1 is 1.41 bits per heavy atom. The molecule has 5 heteroatoms. The van der Waals surface area contributed by atoms with Gasteiger partial charge in [0, 0.05) is 31.8 Å². The Kier molecular flexibility index (Phi) is 5.54. The third-order valence-electron chi connectivity index (χ3n) is 4.06. The molecule has 2 rings (SSSR count). The molecule has 1 aliphatic rings. The number of nitriles is 1. The van der Waals surface area contributed by atoms with E-state index in [9.17, 15) is 9.59 Å². The highest BCUT2D eigenvalue weighted by molar-refractivity contribution is 5.87. The first kappa shape index (κ1) is 16.0. The van der Waals surface area contributed by atoms with Crippen molar-refractivity contribution in [2.24, 2.45) is 0 Å². The van der Waals surface area contributed by atoms with E-state index in [1.807, 2.05) is 11.0 Å². The Morgan fingerprint density at radius 2 is 2.23 bits per heavy atom. The molecule has 0 radical (unpaired) electrons. The summed E-state index contributed by atoms with van der Waals surface area (Å²) >= 11 is 0. The van der Waals surface area contributed by atoms with Gasteiger partial charge in [0.1, 0.15) is 0 Å². The van der Waals surface area contributed by atoms with Crippen molar-refractivity contribution in [1.29, 1.82) is 5.26 Å². The number of carboxylic acid groups (broad SMARTS) is 1. The van der Waals surface area contributed by atoms with Crippen molar-refractivity contribution in [3.63, 3.8) is 0 Å². The highest BCUT2D eigenvalue weighted by Gasteiger charge is 2.24. The quantitative estimate of drug-likeness (QED) is 0.848. The number of rotatable bonds is 5. The lowest BCUT2D eigenvalue weighted by molar-refractivity contribution is -0.132. The predicted octanol–water partition coefficient (Wildman–Crippen LogP) is 2.78. The maximum Gasteiger partial charge on any atom is 0.335 e. The molecule has 0 aliphatic carbocycles. The maximum atomic E-state index is 12.1. The summed E-state index contributed by atoms with van der Waals surface area (Å²) in [4.78, 5) is 25.1. The number of nitrogens with zero attached hydrogens (tertiary/aromatic N) is 2. The van der Waals surface area contributed by atoms with Gasteiger partial charge in [-0.3, -0.25) is 4.79 Å². The molecule has 5 nitrogen and oxygen atoms in total. The number of aromatic carboxylic acids is 1. The lowest BCUT2D eigenvalue weighted by Crippen LogP contribution is -2.39. The number of piperidine rings is 1. The molecule has 1 aromatic rings. The van der Waals surface area contributed by atoms with Gasteiger partial charge in [0.05, 0.1) is 11.6 Å². The maximum absolute atomic E-state index is 12.1. The van der Waals surface area contributed by atoms with Gasteiger partial charge in [-0.15, -0.1) is 0 Å². The van der Waals surface area contributed by atoms with Crippen LogP contribution < -0.4 is 0 Å². The molecule has 1 fully saturated rings. The van der Waals surface area contributed by atoms with Crippen LogP contribution in [0.1, 0.15) is 53.9 Å². The molecule has 1 heterocycles. The van der Waals surface area contributed by atoms with E-state index < -0.39 is 5.97 Å². The van der Waals surface area contributed by atoms with E-state index >= 15 is 0 Å². The fourth-order valence-corrected chi connectivity index (χ4v) is 2.88. The molecular formula is C17H20N2O3. The zero-order valence-corrected chi connectivity index (χ0v) is 12.5. The average molecular weight is 300 g/mol. The van der Waals surface area contributed by atoms with Crippen molar-refractivity contribution >= 4 is 11.9 Å². The lowest BCUT2D eigenvalue weighted by Gasteiger charge is -2.33. The van der Waals surface area contributed by atoms with Crippen molar-refractivity contribution in [3.8, 4) is 6.07 Å². The summed E-state index contributed by atoms with van der Waals surface area (Å²) in [5.41, 5.74) is 1.27. The third-order valence-corrected chi connectivity index (χ3v) is 4.06. The monoisotopic (exact) mass is 300 g/mol. The van der Waals surface area contributed by atoms with Gasteiger partial charge in [-0.2, -0.15) is 5.26 Å². The smallest absolute Gasteiger partial charge is 0.335 e. The van der Waals surface area contributed by atoms with E-state index in [2.05, 4.69) is 6.07 Å². The summed E-state index contributed by atoms with van der Waals surface area (Å²) in [6.45, 7) is 1.38. The lowest BCUT2D eigenvalue weighted by atomic mass is 9.89. The van der Waals surface area contributed by atoms with Crippen LogP contribution in [0, 0.1) is 11.3 Å². The SMILES string of the molecule is N#CCCCC(=O)N1CCCC(c2cccc(C(=O)O)c2)C1. The van der Waals surface area contributed by atoms with Gasteiger partial charge in [0.15, 0.2) is 0 Å². The summed E-state index contributed by atoms with van der Waals surface area (Å²) in [5.74, 6) is -0.649. The molecule has 1 amide bonds. The number of carbonyl (C=O) groups is 2. The molecule has 1 aliphatic heterocycles. The molecule has 0 aromatic heterocycles. The normalized spacial score (nSPS) is 17.8. The Hall–Kier alpha value is -2.35. The fraction of sp³-hybridized carbons (Fsp3) is 0.471. The number of hydrogen-bond donors (Lipinski definition) is 1. The highest BCUT2D eigenvalue weighted by Crippen LogP contribution is 2.28. The van der Waals surface area contributed by atoms with Crippen molar-refractivity contribution in [1.82, 2.24) is 4.90 Å². The van der Waals surface area contributed by atoms with Crippen LogP contribution in [0.5, 0.6) is 0 Å². The Labute approximate surface area is 130 Å². The largest absolute Gasteiger partial charge is 0.478 e. The van der Waals surface area contributed by atoms with Crippen LogP contribution in [0.2, 0.25) is 0 Å². The van der Waals surface area contributed by atoms with Gasteiger partial charge in [0.2, 0.25) is 5.91 Å². The molecule has 1 unspecified atom stereocenters. The minimum absolute atomic E-state index is 0.0920. The summed E-state index contributed by atoms with van der Waals surface area (Å²) in [6, 6.07) is 9.03.